The van der Waals surface area contributed by atoms with Crippen LogP contribution in [0.2, 0.25) is 0 Å². The molecule has 3 aliphatic rings. The average molecular weight is 611 g/mol. The highest BCUT2D eigenvalue weighted by Crippen LogP contribution is 2.44. The Bertz CT molecular complexity index is 1570. The highest BCUT2D eigenvalue weighted by atomic mass is 32.2. The second-order valence-electron chi connectivity index (χ2n) is 11.5. The number of sulfonamides is 1. The zero-order chi connectivity index (χ0) is 30.0. The lowest BCUT2D eigenvalue weighted by molar-refractivity contribution is -0.147. The van der Waals surface area contributed by atoms with Crippen LogP contribution in [0.1, 0.15) is 43.6 Å². The number of furan rings is 1. The molecule has 3 aromatic rings. The summed E-state index contributed by atoms with van der Waals surface area (Å²) in [6.07, 6.45) is 7.74. The van der Waals surface area contributed by atoms with Crippen molar-refractivity contribution in [1.82, 2.24) is 9.62 Å². The third-order valence-electron chi connectivity index (χ3n) is 8.94. The van der Waals surface area contributed by atoms with Crippen molar-refractivity contribution in [2.75, 3.05) is 33.4 Å². The zero-order valence-corrected chi connectivity index (χ0v) is 25.0. The normalized spacial score (nSPS) is 25.1. The number of fused-ring (bicyclic) bond motifs is 3. The Morgan fingerprint density at radius 2 is 1.88 bits per heavy atom. The van der Waals surface area contributed by atoms with Crippen molar-refractivity contribution in [2.24, 2.45) is 11.8 Å². The second-order valence-corrected chi connectivity index (χ2v) is 13.5. The summed E-state index contributed by atoms with van der Waals surface area (Å²) in [5, 5.41) is 13.8. The first kappa shape index (κ1) is 29.7. The standard InChI is InChI=1S/C32H38N2O8S/c1-39-24-8-10-25(11-9-24)43(37,38)34(12-14-35)13-15-40-31-19-23(27-20-41-29-5-3-2-4-26(27)29)18-30(42-31)32(36)33-28-17-21-6-7-22(28)16-21/h2-5,8-11,18,20-23,28,31,35H,6-7,12-17,19H2,1H3,(H,33,36)/t21?,22?,23-,28?,31+/m0/s1. The van der Waals surface area contributed by atoms with Crippen LogP contribution in [0.15, 0.2) is 75.9 Å². The fourth-order valence-electron chi connectivity index (χ4n) is 6.73. The smallest absolute Gasteiger partial charge is 0.286 e. The number of carbonyl (C=O) groups excluding carboxylic acids is 1. The van der Waals surface area contributed by atoms with Gasteiger partial charge >= 0.3 is 0 Å². The predicted molar refractivity (Wildman–Crippen MR) is 159 cm³/mol. The number of benzene rings is 2. The first-order valence-electron chi connectivity index (χ1n) is 14.9. The van der Waals surface area contributed by atoms with Gasteiger partial charge in [-0.2, -0.15) is 4.31 Å². The molecule has 43 heavy (non-hydrogen) atoms. The number of para-hydroxylation sites is 1. The molecule has 230 valence electrons. The van der Waals surface area contributed by atoms with Crippen molar-refractivity contribution in [1.29, 1.82) is 0 Å². The number of nitrogens with one attached hydrogen (secondary N) is 1. The summed E-state index contributed by atoms with van der Waals surface area (Å²) < 4.78 is 50.9. The van der Waals surface area contributed by atoms with Crippen LogP contribution in [0.4, 0.5) is 0 Å². The summed E-state index contributed by atoms with van der Waals surface area (Å²) in [5.74, 6) is 1.48. The Morgan fingerprint density at radius 1 is 1.07 bits per heavy atom. The van der Waals surface area contributed by atoms with Crippen molar-refractivity contribution in [3.63, 3.8) is 0 Å². The van der Waals surface area contributed by atoms with Crippen LogP contribution in [0, 0.1) is 11.8 Å². The maximum Gasteiger partial charge on any atom is 0.286 e. The predicted octanol–water partition coefficient (Wildman–Crippen LogP) is 4.16. The molecule has 0 spiro atoms. The molecule has 5 atom stereocenters. The van der Waals surface area contributed by atoms with Gasteiger partial charge in [-0.1, -0.05) is 24.6 Å². The Kier molecular flexibility index (Phi) is 8.76. The number of allylic oxidation sites excluding steroid dienone is 1. The van der Waals surface area contributed by atoms with Gasteiger partial charge < -0.3 is 29.1 Å². The molecule has 1 amide bonds. The molecule has 1 aromatic heterocycles. The van der Waals surface area contributed by atoms with Gasteiger partial charge in [0.2, 0.25) is 16.3 Å². The third kappa shape index (κ3) is 6.31. The molecular weight excluding hydrogens is 572 g/mol. The number of carbonyl (C=O) groups is 1. The van der Waals surface area contributed by atoms with Gasteiger partial charge in [0.15, 0.2) is 5.76 Å². The lowest BCUT2D eigenvalue weighted by Gasteiger charge is -2.31. The average Bonchev–Trinajstić information content (AvgIpc) is 3.77. The number of methoxy groups -OCH3 is 1. The van der Waals surface area contributed by atoms with E-state index in [9.17, 15) is 18.3 Å². The molecule has 2 aliphatic carbocycles. The van der Waals surface area contributed by atoms with E-state index in [2.05, 4.69) is 5.32 Å². The Hall–Kier alpha value is -3.38. The molecule has 0 saturated heterocycles. The fraction of sp³-hybridized carbons (Fsp3) is 0.469. The van der Waals surface area contributed by atoms with E-state index in [1.807, 2.05) is 30.3 Å². The summed E-state index contributed by atoms with van der Waals surface area (Å²) >= 11 is 0. The molecule has 3 unspecified atom stereocenters. The molecule has 11 heteroatoms. The number of rotatable bonds is 12. The minimum absolute atomic E-state index is 0.000183. The molecule has 2 aromatic carbocycles. The van der Waals surface area contributed by atoms with Gasteiger partial charge in [-0.25, -0.2) is 8.42 Å². The summed E-state index contributed by atoms with van der Waals surface area (Å²) in [6, 6.07) is 14.0. The maximum absolute atomic E-state index is 13.4. The van der Waals surface area contributed by atoms with Crippen LogP contribution in [0.25, 0.3) is 11.0 Å². The molecule has 2 saturated carbocycles. The number of hydrogen-bond donors (Lipinski definition) is 2. The van der Waals surface area contributed by atoms with Crippen LogP contribution in [0.3, 0.4) is 0 Å². The van der Waals surface area contributed by atoms with E-state index in [1.54, 1.807) is 18.4 Å². The number of nitrogens with zero attached hydrogens (tertiary/aromatic N) is 1. The maximum atomic E-state index is 13.4. The van der Waals surface area contributed by atoms with E-state index in [0.29, 0.717) is 24.0 Å². The molecule has 2 heterocycles. The van der Waals surface area contributed by atoms with Crippen molar-refractivity contribution in [3.8, 4) is 5.75 Å². The summed E-state index contributed by atoms with van der Waals surface area (Å²) in [4.78, 5) is 13.5. The van der Waals surface area contributed by atoms with E-state index >= 15 is 0 Å². The summed E-state index contributed by atoms with van der Waals surface area (Å²) in [6.45, 7) is -0.449. The largest absolute Gasteiger partial charge is 0.497 e. The van der Waals surface area contributed by atoms with Crippen LogP contribution >= 0.6 is 0 Å². The van der Waals surface area contributed by atoms with Gasteiger partial charge in [0.05, 0.1) is 31.5 Å². The quantitative estimate of drug-likeness (QED) is 0.313. The lowest BCUT2D eigenvalue weighted by Crippen LogP contribution is -2.41. The Labute approximate surface area is 251 Å². The lowest BCUT2D eigenvalue weighted by atomic mass is 9.92. The molecule has 2 bridgehead atoms. The van der Waals surface area contributed by atoms with E-state index in [1.165, 1.54) is 36.4 Å². The molecular formula is C32H38N2O8S. The molecule has 2 fully saturated rings. The van der Waals surface area contributed by atoms with Gasteiger partial charge in [0.1, 0.15) is 11.3 Å². The molecule has 2 N–H and O–H groups in total. The van der Waals surface area contributed by atoms with E-state index < -0.39 is 16.3 Å². The van der Waals surface area contributed by atoms with E-state index in [0.717, 1.165) is 29.4 Å². The van der Waals surface area contributed by atoms with Gasteiger partial charge in [-0.3, -0.25) is 4.79 Å². The van der Waals surface area contributed by atoms with Gasteiger partial charge in [0, 0.05) is 42.4 Å². The van der Waals surface area contributed by atoms with Crippen molar-refractivity contribution < 1.29 is 36.9 Å². The second kappa shape index (κ2) is 12.7. The molecule has 10 nitrogen and oxygen atoms in total. The van der Waals surface area contributed by atoms with Crippen LogP contribution in [-0.4, -0.2) is 69.5 Å². The van der Waals surface area contributed by atoms with Gasteiger partial charge in [0.25, 0.3) is 5.91 Å². The highest BCUT2D eigenvalue weighted by molar-refractivity contribution is 7.89. The highest BCUT2D eigenvalue weighted by Gasteiger charge is 2.41. The van der Waals surface area contributed by atoms with Crippen molar-refractivity contribution in [3.05, 3.63) is 72.2 Å². The summed E-state index contributed by atoms with van der Waals surface area (Å²) in [7, 11) is -2.39. The van der Waals surface area contributed by atoms with Gasteiger partial charge in [-0.05, 0) is 67.5 Å². The van der Waals surface area contributed by atoms with Crippen molar-refractivity contribution >= 4 is 26.9 Å². The first-order valence-corrected chi connectivity index (χ1v) is 16.3. The minimum Gasteiger partial charge on any atom is -0.497 e. The first-order chi connectivity index (χ1) is 20.9. The monoisotopic (exact) mass is 610 g/mol. The molecule has 1 aliphatic heterocycles. The van der Waals surface area contributed by atoms with Gasteiger partial charge in [-0.15, -0.1) is 0 Å². The Balaban J connectivity index is 1.17. The third-order valence-corrected chi connectivity index (χ3v) is 10.9. The molecule has 6 rings (SSSR count). The number of ether oxygens (including phenoxy) is 3. The van der Waals surface area contributed by atoms with E-state index in [-0.39, 0.29) is 54.8 Å². The minimum atomic E-state index is -3.89. The van der Waals surface area contributed by atoms with E-state index in [4.69, 9.17) is 18.6 Å². The topological polar surface area (TPSA) is 128 Å². The SMILES string of the molecule is COc1ccc(S(=O)(=O)N(CCO)CCO[C@H]2C[C@@H](c3coc4ccccc34)C=C(C(=O)NC3CC4CCC3C4)O2)cc1. The van der Waals surface area contributed by atoms with Crippen LogP contribution < -0.4 is 10.1 Å². The Morgan fingerprint density at radius 3 is 2.60 bits per heavy atom. The number of hydrogen-bond acceptors (Lipinski definition) is 8. The number of aliphatic hydroxyl groups is 1. The van der Waals surface area contributed by atoms with Crippen molar-refractivity contribution in [2.45, 2.75) is 55.2 Å². The van der Waals surface area contributed by atoms with Crippen LogP contribution in [-0.2, 0) is 24.3 Å². The molecule has 0 radical (unpaired) electrons. The zero-order valence-electron chi connectivity index (χ0n) is 24.2. The summed E-state index contributed by atoms with van der Waals surface area (Å²) in [5.41, 5.74) is 1.69. The van der Waals surface area contributed by atoms with Crippen LogP contribution in [0.5, 0.6) is 5.75 Å². The number of amides is 1. The fourth-order valence-corrected chi connectivity index (χ4v) is 8.14. The number of aliphatic hydroxyl groups excluding tert-OH is 1.